The molecule has 4 rings (SSSR count). The minimum atomic E-state index is -2.63. The van der Waals surface area contributed by atoms with Gasteiger partial charge in [-0.2, -0.15) is 0 Å². The largest absolute Gasteiger partial charge is 0.534 e. The van der Waals surface area contributed by atoms with Crippen molar-refractivity contribution in [1.82, 2.24) is 0 Å². The zero-order valence-electron chi connectivity index (χ0n) is 17.3. The van der Waals surface area contributed by atoms with E-state index in [0.717, 1.165) is 11.3 Å². The Morgan fingerprint density at radius 1 is 0.759 bits per heavy atom. The lowest BCUT2D eigenvalue weighted by atomic mass is 10.2. The number of hydrogen-bond donors (Lipinski definition) is 0. The van der Waals surface area contributed by atoms with Crippen molar-refractivity contribution in [1.29, 1.82) is 0 Å². The van der Waals surface area contributed by atoms with Gasteiger partial charge in [0.25, 0.3) is 0 Å². The predicted molar refractivity (Wildman–Crippen MR) is 119 cm³/mol. The van der Waals surface area contributed by atoms with Gasteiger partial charge < -0.3 is 13.9 Å². The SMILES string of the molecule is CC(C)(C)[Si](Oc1cccc(C2OCCO2)c1)(c1ccccc1)c1ccccc1. The molecule has 0 saturated carbocycles. The molecule has 0 aromatic heterocycles. The lowest BCUT2D eigenvalue weighted by Crippen LogP contribution is -2.68. The van der Waals surface area contributed by atoms with E-state index in [0.29, 0.717) is 13.2 Å². The zero-order valence-corrected chi connectivity index (χ0v) is 18.3. The van der Waals surface area contributed by atoms with E-state index in [4.69, 9.17) is 13.9 Å². The summed E-state index contributed by atoms with van der Waals surface area (Å²) in [5, 5.41) is 2.45. The van der Waals surface area contributed by atoms with Crippen LogP contribution in [0.5, 0.6) is 5.75 Å². The highest BCUT2D eigenvalue weighted by molar-refractivity contribution is 7.00. The molecule has 0 unspecified atom stereocenters. The van der Waals surface area contributed by atoms with E-state index >= 15 is 0 Å². The summed E-state index contributed by atoms with van der Waals surface area (Å²) in [5.74, 6) is 0.857. The summed E-state index contributed by atoms with van der Waals surface area (Å²) < 4.78 is 18.5. The van der Waals surface area contributed by atoms with Gasteiger partial charge in [0.2, 0.25) is 0 Å². The van der Waals surface area contributed by atoms with E-state index in [2.05, 4.69) is 87.5 Å². The van der Waals surface area contributed by atoms with Gasteiger partial charge in [-0.1, -0.05) is 93.6 Å². The molecule has 1 heterocycles. The molecule has 1 saturated heterocycles. The van der Waals surface area contributed by atoms with Gasteiger partial charge in [-0.05, 0) is 27.5 Å². The molecule has 0 radical (unpaired) electrons. The topological polar surface area (TPSA) is 27.7 Å². The molecule has 3 aromatic rings. The van der Waals surface area contributed by atoms with E-state index in [1.165, 1.54) is 10.4 Å². The molecule has 1 fully saturated rings. The fourth-order valence-electron chi connectivity index (χ4n) is 4.10. The Balaban J connectivity index is 1.84. The molecule has 0 atom stereocenters. The van der Waals surface area contributed by atoms with Gasteiger partial charge in [-0.15, -0.1) is 0 Å². The smallest absolute Gasteiger partial charge is 0.319 e. The summed E-state index contributed by atoms with van der Waals surface area (Å²) in [6, 6.07) is 29.5. The molecule has 1 aliphatic rings. The van der Waals surface area contributed by atoms with Crippen molar-refractivity contribution in [2.24, 2.45) is 0 Å². The molecular formula is C25H28O3Si. The van der Waals surface area contributed by atoms with Crippen LogP contribution < -0.4 is 14.8 Å². The van der Waals surface area contributed by atoms with Crippen LogP contribution in [0.2, 0.25) is 5.04 Å². The average Bonchev–Trinajstić information content (AvgIpc) is 3.28. The van der Waals surface area contributed by atoms with Crippen LogP contribution in [0.1, 0.15) is 32.6 Å². The summed E-state index contributed by atoms with van der Waals surface area (Å²) >= 11 is 0. The molecular weight excluding hydrogens is 376 g/mol. The predicted octanol–water partition coefficient (Wildman–Crippen LogP) is 4.67. The van der Waals surface area contributed by atoms with Crippen molar-refractivity contribution in [3.05, 3.63) is 90.5 Å². The van der Waals surface area contributed by atoms with Crippen LogP contribution in [-0.4, -0.2) is 21.5 Å². The molecule has 0 N–H and O–H groups in total. The lowest BCUT2D eigenvalue weighted by Gasteiger charge is -2.43. The Bertz CT molecular complexity index is 890. The van der Waals surface area contributed by atoms with Gasteiger partial charge in [0.15, 0.2) is 6.29 Å². The van der Waals surface area contributed by atoms with Crippen LogP contribution in [0, 0.1) is 0 Å². The molecule has 0 bridgehead atoms. The van der Waals surface area contributed by atoms with Crippen molar-refractivity contribution in [2.45, 2.75) is 32.1 Å². The van der Waals surface area contributed by atoms with Crippen molar-refractivity contribution >= 4 is 18.7 Å². The maximum absolute atomic E-state index is 7.07. The van der Waals surface area contributed by atoms with Gasteiger partial charge in [0, 0.05) is 5.56 Å². The molecule has 150 valence electrons. The van der Waals surface area contributed by atoms with Gasteiger partial charge >= 0.3 is 8.32 Å². The van der Waals surface area contributed by atoms with Crippen molar-refractivity contribution < 1.29 is 13.9 Å². The minimum absolute atomic E-state index is 0.0773. The number of rotatable bonds is 5. The van der Waals surface area contributed by atoms with Gasteiger partial charge in [0.05, 0.1) is 13.2 Å². The monoisotopic (exact) mass is 404 g/mol. The normalized spacial score (nSPS) is 15.4. The van der Waals surface area contributed by atoms with Crippen LogP contribution in [-0.2, 0) is 9.47 Å². The first-order chi connectivity index (χ1) is 14.0. The average molecular weight is 405 g/mol. The van der Waals surface area contributed by atoms with E-state index in [9.17, 15) is 0 Å². The molecule has 1 aliphatic heterocycles. The molecule has 0 aliphatic carbocycles. The van der Waals surface area contributed by atoms with Crippen LogP contribution in [0.15, 0.2) is 84.9 Å². The Morgan fingerprint density at radius 3 is 1.83 bits per heavy atom. The lowest BCUT2D eigenvalue weighted by molar-refractivity contribution is -0.0441. The molecule has 3 nitrogen and oxygen atoms in total. The molecule has 0 amide bonds. The Hall–Kier alpha value is -2.40. The van der Waals surface area contributed by atoms with Gasteiger partial charge in [-0.3, -0.25) is 0 Å². The van der Waals surface area contributed by atoms with E-state index in [1.807, 2.05) is 18.2 Å². The third-order valence-electron chi connectivity index (χ3n) is 5.44. The standard InChI is InChI=1S/C25H28O3Si/c1-25(2,3)29(22-13-6-4-7-14-22,23-15-8-5-9-16-23)28-21-12-10-11-20(19-21)24-26-17-18-27-24/h4-16,19,24H,17-18H2,1-3H3. The molecule has 29 heavy (non-hydrogen) atoms. The fourth-order valence-corrected chi connectivity index (χ4v) is 8.51. The summed E-state index contributed by atoms with van der Waals surface area (Å²) in [4.78, 5) is 0. The first-order valence-electron chi connectivity index (χ1n) is 10.1. The second-order valence-electron chi connectivity index (χ2n) is 8.41. The summed E-state index contributed by atoms with van der Waals surface area (Å²) in [5.41, 5.74) is 0.998. The maximum Gasteiger partial charge on any atom is 0.319 e. The quantitative estimate of drug-likeness (QED) is 0.579. The van der Waals surface area contributed by atoms with Crippen LogP contribution >= 0.6 is 0 Å². The zero-order chi connectivity index (χ0) is 20.3. The number of benzene rings is 3. The highest BCUT2D eigenvalue weighted by Crippen LogP contribution is 2.38. The van der Waals surface area contributed by atoms with E-state index < -0.39 is 8.32 Å². The minimum Gasteiger partial charge on any atom is -0.534 e. The van der Waals surface area contributed by atoms with Crippen molar-refractivity contribution in [2.75, 3.05) is 13.2 Å². The number of ether oxygens (including phenoxy) is 2. The van der Waals surface area contributed by atoms with Crippen molar-refractivity contribution in [3.8, 4) is 5.75 Å². The van der Waals surface area contributed by atoms with Gasteiger partial charge in [0.1, 0.15) is 5.75 Å². The summed E-state index contributed by atoms with van der Waals surface area (Å²) in [6.07, 6.45) is -0.308. The molecule has 3 aromatic carbocycles. The first kappa shape index (κ1) is 19.9. The molecule has 4 heteroatoms. The Morgan fingerprint density at radius 2 is 1.31 bits per heavy atom. The highest BCUT2D eigenvalue weighted by Gasteiger charge is 2.52. The van der Waals surface area contributed by atoms with E-state index in [-0.39, 0.29) is 11.3 Å². The van der Waals surface area contributed by atoms with E-state index in [1.54, 1.807) is 0 Å². The van der Waals surface area contributed by atoms with Crippen LogP contribution in [0.3, 0.4) is 0 Å². The first-order valence-corrected chi connectivity index (χ1v) is 12.0. The van der Waals surface area contributed by atoms with Crippen LogP contribution in [0.4, 0.5) is 0 Å². The van der Waals surface area contributed by atoms with Crippen LogP contribution in [0.25, 0.3) is 0 Å². The third kappa shape index (κ3) is 3.88. The van der Waals surface area contributed by atoms with Crippen molar-refractivity contribution in [3.63, 3.8) is 0 Å². The van der Waals surface area contributed by atoms with Gasteiger partial charge in [-0.25, -0.2) is 0 Å². The Labute approximate surface area is 174 Å². The molecule has 0 spiro atoms. The number of hydrogen-bond acceptors (Lipinski definition) is 3. The summed E-state index contributed by atoms with van der Waals surface area (Å²) in [7, 11) is -2.63. The second-order valence-corrected chi connectivity index (χ2v) is 12.6. The Kier molecular flexibility index (Phi) is 5.59. The third-order valence-corrected chi connectivity index (χ3v) is 10.4. The summed E-state index contributed by atoms with van der Waals surface area (Å²) in [6.45, 7) is 8.11. The fraction of sp³-hybridized carbons (Fsp3) is 0.280. The second kappa shape index (κ2) is 8.15. The maximum atomic E-state index is 7.07. The highest BCUT2D eigenvalue weighted by atomic mass is 28.4.